The Bertz CT molecular complexity index is 936. The Kier molecular flexibility index (Phi) is 4.98. The number of amides is 1. The van der Waals surface area contributed by atoms with Crippen molar-refractivity contribution >= 4 is 34.4 Å². The zero-order valence-electron chi connectivity index (χ0n) is 15.4. The van der Waals surface area contributed by atoms with E-state index in [1.165, 1.54) is 23.8 Å². The number of thioether (sulfide) groups is 1. The minimum Gasteiger partial charge on any atom is -0.368 e. The van der Waals surface area contributed by atoms with Crippen molar-refractivity contribution in [1.82, 2.24) is 24.6 Å². The molecular weight excluding hydrogens is 360 g/mol. The van der Waals surface area contributed by atoms with E-state index in [0.29, 0.717) is 0 Å². The maximum Gasteiger partial charge on any atom is 0.235 e. The third-order valence-electron chi connectivity index (χ3n) is 4.84. The van der Waals surface area contributed by atoms with Crippen LogP contribution >= 0.6 is 11.8 Å². The van der Waals surface area contributed by atoms with Gasteiger partial charge >= 0.3 is 0 Å². The Hall–Kier alpha value is -2.61. The normalized spacial score (nSPS) is 15.9. The molecule has 2 aromatic heterocycles. The lowest BCUT2D eigenvalue weighted by Crippen LogP contribution is -2.50. The van der Waals surface area contributed by atoms with E-state index in [-0.39, 0.29) is 11.2 Å². The van der Waals surface area contributed by atoms with Crippen LogP contribution in [0.3, 0.4) is 0 Å². The summed E-state index contributed by atoms with van der Waals surface area (Å²) < 4.78 is 1.72. The summed E-state index contributed by atoms with van der Waals surface area (Å²) in [6.07, 6.45) is 3.29. The Morgan fingerprint density at radius 1 is 1.11 bits per heavy atom. The first-order chi connectivity index (χ1) is 13.1. The van der Waals surface area contributed by atoms with Gasteiger partial charge in [0.05, 0.1) is 16.8 Å². The second-order valence-electron chi connectivity index (χ2n) is 6.59. The number of rotatable bonds is 4. The highest BCUT2D eigenvalue weighted by atomic mass is 32.2. The predicted molar refractivity (Wildman–Crippen MR) is 107 cm³/mol. The quantitative estimate of drug-likeness (QED) is 0.509. The number of piperazine rings is 1. The monoisotopic (exact) mass is 382 g/mol. The third kappa shape index (κ3) is 3.62. The van der Waals surface area contributed by atoms with Gasteiger partial charge in [0.2, 0.25) is 5.91 Å². The molecule has 0 aliphatic carbocycles. The van der Waals surface area contributed by atoms with Crippen LogP contribution in [0.4, 0.5) is 5.69 Å². The van der Waals surface area contributed by atoms with E-state index in [9.17, 15) is 4.79 Å². The first kappa shape index (κ1) is 17.8. The Balaban J connectivity index is 1.39. The van der Waals surface area contributed by atoms with Gasteiger partial charge in [0.15, 0.2) is 5.65 Å². The molecule has 3 aromatic rings. The lowest BCUT2D eigenvalue weighted by atomic mass is 10.2. The highest BCUT2D eigenvalue weighted by molar-refractivity contribution is 8.00. The topological polar surface area (TPSA) is 67.2 Å². The molecule has 8 heteroatoms. The van der Waals surface area contributed by atoms with E-state index >= 15 is 0 Å². The first-order valence-electron chi connectivity index (χ1n) is 9.01. The minimum absolute atomic E-state index is 0.156. The highest BCUT2D eigenvalue weighted by Gasteiger charge is 2.26. The number of aromatic nitrogens is 4. The van der Waals surface area contributed by atoms with Crippen LogP contribution < -0.4 is 4.90 Å². The van der Waals surface area contributed by atoms with Gasteiger partial charge in [0.1, 0.15) is 11.4 Å². The van der Waals surface area contributed by atoms with Gasteiger partial charge in [-0.3, -0.25) is 9.48 Å². The SMILES string of the molecule is CC(Sc1ncnc2c1cnn2C)C(=O)N1CCN(c2ccccc2)CC1. The standard InChI is InChI=1S/C19H22N6OS/c1-14(27-18-16-12-22-23(2)17(16)20-13-21-18)19(26)25-10-8-24(9-11-25)15-6-4-3-5-7-15/h3-7,12-14H,8-11H2,1-2H3. The van der Waals surface area contributed by atoms with Gasteiger partial charge < -0.3 is 9.80 Å². The van der Waals surface area contributed by atoms with Gasteiger partial charge in [-0.15, -0.1) is 0 Å². The molecule has 27 heavy (non-hydrogen) atoms. The van der Waals surface area contributed by atoms with Crippen molar-refractivity contribution in [2.75, 3.05) is 31.1 Å². The van der Waals surface area contributed by atoms with Crippen LogP contribution in [0.1, 0.15) is 6.92 Å². The molecule has 0 saturated carbocycles. The summed E-state index contributed by atoms with van der Waals surface area (Å²) in [5.41, 5.74) is 2.00. The average molecular weight is 382 g/mol. The lowest BCUT2D eigenvalue weighted by Gasteiger charge is -2.37. The van der Waals surface area contributed by atoms with Crippen LogP contribution in [0, 0.1) is 0 Å². The molecule has 0 N–H and O–H groups in total. The van der Waals surface area contributed by atoms with Crippen LogP contribution in [0.25, 0.3) is 11.0 Å². The maximum atomic E-state index is 12.9. The Morgan fingerprint density at radius 2 is 1.85 bits per heavy atom. The van der Waals surface area contributed by atoms with Gasteiger partial charge in [-0.25, -0.2) is 9.97 Å². The van der Waals surface area contributed by atoms with Crippen LogP contribution in [0.15, 0.2) is 47.9 Å². The molecule has 1 amide bonds. The van der Waals surface area contributed by atoms with E-state index in [1.807, 2.05) is 37.1 Å². The van der Waals surface area contributed by atoms with Gasteiger partial charge in [0, 0.05) is 38.9 Å². The molecule has 1 aromatic carbocycles. The van der Waals surface area contributed by atoms with E-state index in [4.69, 9.17) is 0 Å². The molecule has 1 aliphatic rings. The smallest absolute Gasteiger partial charge is 0.235 e. The average Bonchev–Trinajstić information content (AvgIpc) is 3.10. The van der Waals surface area contributed by atoms with Gasteiger partial charge in [-0.05, 0) is 19.1 Å². The fourth-order valence-electron chi connectivity index (χ4n) is 3.33. The largest absolute Gasteiger partial charge is 0.368 e. The van der Waals surface area contributed by atoms with Crippen molar-refractivity contribution in [3.05, 3.63) is 42.9 Å². The van der Waals surface area contributed by atoms with Crippen LogP contribution in [-0.4, -0.2) is 62.0 Å². The van der Waals surface area contributed by atoms with Gasteiger partial charge in [0.25, 0.3) is 0 Å². The Labute approximate surface area is 162 Å². The number of anilines is 1. The van der Waals surface area contributed by atoms with E-state index in [0.717, 1.165) is 42.2 Å². The lowest BCUT2D eigenvalue weighted by molar-refractivity contribution is -0.130. The highest BCUT2D eigenvalue weighted by Crippen LogP contribution is 2.28. The molecule has 1 unspecified atom stereocenters. The van der Waals surface area contributed by atoms with Crippen molar-refractivity contribution in [2.45, 2.75) is 17.2 Å². The van der Waals surface area contributed by atoms with Crippen molar-refractivity contribution in [1.29, 1.82) is 0 Å². The second kappa shape index (κ2) is 7.56. The molecule has 1 atom stereocenters. The number of hydrogen-bond donors (Lipinski definition) is 0. The fourth-order valence-corrected chi connectivity index (χ4v) is 4.30. The van der Waals surface area contributed by atoms with E-state index in [2.05, 4.69) is 32.1 Å². The summed E-state index contributed by atoms with van der Waals surface area (Å²) in [6.45, 7) is 5.14. The molecule has 140 valence electrons. The summed E-state index contributed by atoms with van der Waals surface area (Å²) in [5.74, 6) is 0.156. The van der Waals surface area contributed by atoms with Crippen LogP contribution in [-0.2, 0) is 11.8 Å². The number of benzene rings is 1. The molecule has 4 rings (SSSR count). The number of aryl methyl sites for hydroxylation is 1. The second-order valence-corrected chi connectivity index (χ2v) is 7.92. The zero-order chi connectivity index (χ0) is 18.8. The Morgan fingerprint density at radius 3 is 2.59 bits per heavy atom. The molecule has 0 radical (unpaired) electrons. The summed E-state index contributed by atoms with van der Waals surface area (Å²) in [5, 5.41) is 5.72. The summed E-state index contributed by atoms with van der Waals surface area (Å²) >= 11 is 1.48. The number of para-hydroxylation sites is 1. The van der Waals surface area contributed by atoms with Crippen molar-refractivity contribution < 1.29 is 4.79 Å². The van der Waals surface area contributed by atoms with Crippen molar-refractivity contribution in [2.24, 2.45) is 7.05 Å². The maximum absolute atomic E-state index is 12.9. The minimum atomic E-state index is -0.202. The molecule has 7 nitrogen and oxygen atoms in total. The summed E-state index contributed by atoms with van der Waals surface area (Å²) in [6, 6.07) is 10.3. The zero-order valence-corrected chi connectivity index (χ0v) is 16.3. The van der Waals surface area contributed by atoms with E-state index in [1.54, 1.807) is 10.9 Å². The molecule has 0 spiro atoms. The number of nitrogens with zero attached hydrogens (tertiary/aromatic N) is 6. The molecule has 0 bridgehead atoms. The van der Waals surface area contributed by atoms with Crippen LogP contribution in [0.2, 0.25) is 0 Å². The third-order valence-corrected chi connectivity index (χ3v) is 5.95. The number of carbonyl (C=O) groups is 1. The predicted octanol–water partition coefficient (Wildman–Crippen LogP) is 2.19. The van der Waals surface area contributed by atoms with E-state index < -0.39 is 0 Å². The molecule has 1 aliphatic heterocycles. The molecule has 3 heterocycles. The molecule has 1 saturated heterocycles. The van der Waals surface area contributed by atoms with Crippen LogP contribution in [0.5, 0.6) is 0 Å². The number of fused-ring (bicyclic) bond motifs is 1. The number of carbonyl (C=O) groups excluding carboxylic acids is 1. The van der Waals surface area contributed by atoms with Crippen molar-refractivity contribution in [3.8, 4) is 0 Å². The van der Waals surface area contributed by atoms with Crippen molar-refractivity contribution in [3.63, 3.8) is 0 Å². The summed E-state index contributed by atoms with van der Waals surface area (Å²) in [7, 11) is 1.85. The molecular formula is C19H22N6OS. The fraction of sp³-hybridized carbons (Fsp3) is 0.368. The van der Waals surface area contributed by atoms with Gasteiger partial charge in [-0.1, -0.05) is 30.0 Å². The molecule has 1 fully saturated rings. The summed E-state index contributed by atoms with van der Waals surface area (Å²) in [4.78, 5) is 25.8. The number of hydrogen-bond acceptors (Lipinski definition) is 6. The van der Waals surface area contributed by atoms with Gasteiger partial charge in [-0.2, -0.15) is 5.10 Å². The first-order valence-corrected chi connectivity index (χ1v) is 9.89.